The van der Waals surface area contributed by atoms with Gasteiger partial charge in [0, 0.05) is 6.42 Å². The summed E-state index contributed by atoms with van der Waals surface area (Å²) < 4.78 is 5.37. The molecule has 0 saturated carbocycles. The number of rotatable bonds is 0. The first-order chi connectivity index (χ1) is 10.6. The van der Waals surface area contributed by atoms with Gasteiger partial charge in [-0.15, -0.1) is 0 Å². The smallest absolute Gasteiger partial charge is 0.338 e. The Morgan fingerprint density at radius 1 is 1.00 bits per heavy atom. The van der Waals surface area contributed by atoms with Crippen molar-refractivity contribution in [3.8, 4) is 0 Å². The molecule has 3 heteroatoms. The highest BCUT2D eigenvalue weighted by Gasteiger charge is 2.16. The van der Waals surface area contributed by atoms with E-state index in [0.717, 1.165) is 42.4 Å². The van der Waals surface area contributed by atoms with Gasteiger partial charge in [0.1, 0.15) is 0 Å². The number of ketones is 1. The van der Waals surface area contributed by atoms with Crippen LogP contribution in [-0.2, 0) is 16.0 Å². The molecular formula is C19H24O3. The van der Waals surface area contributed by atoms with Crippen molar-refractivity contribution in [1.29, 1.82) is 0 Å². The molecule has 2 rings (SSSR count). The van der Waals surface area contributed by atoms with Crippen molar-refractivity contribution in [2.24, 2.45) is 0 Å². The molecule has 0 spiro atoms. The van der Waals surface area contributed by atoms with Crippen LogP contribution in [0.15, 0.2) is 24.3 Å². The van der Waals surface area contributed by atoms with Crippen molar-refractivity contribution >= 4 is 11.8 Å². The monoisotopic (exact) mass is 300 g/mol. The number of carbonyl (C=O) groups excluding carboxylic acids is 2. The maximum absolute atomic E-state index is 12.4. The minimum absolute atomic E-state index is 0.162. The maximum Gasteiger partial charge on any atom is 0.338 e. The van der Waals surface area contributed by atoms with Gasteiger partial charge in [0.25, 0.3) is 0 Å². The van der Waals surface area contributed by atoms with Crippen LogP contribution in [0, 0.1) is 13.8 Å². The third kappa shape index (κ3) is 4.55. The average Bonchev–Trinajstić information content (AvgIpc) is 2.45. The van der Waals surface area contributed by atoms with E-state index in [0.29, 0.717) is 19.4 Å². The summed E-state index contributed by atoms with van der Waals surface area (Å²) in [7, 11) is 0. The van der Waals surface area contributed by atoms with Crippen LogP contribution in [0.5, 0.6) is 0 Å². The number of esters is 1. The van der Waals surface area contributed by atoms with Crippen LogP contribution >= 0.6 is 0 Å². The van der Waals surface area contributed by atoms with Gasteiger partial charge in [-0.25, -0.2) is 4.79 Å². The van der Waals surface area contributed by atoms with Gasteiger partial charge in [0.2, 0.25) is 0 Å². The second-order valence-corrected chi connectivity index (χ2v) is 5.97. The van der Waals surface area contributed by atoms with Gasteiger partial charge in [-0.3, -0.25) is 4.79 Å². The fraction of sp³-hybridized carbons (Fsp3) is 0.474. The molecule has 0 saturated heterocycles. The third-order valence-electron chi connectivity index (χ3n) is 3.96. The first-order valence-corrected chi connectivity index (χ1v) is 8.04. The highest BCUT2D eigenvalue weighted by Crippen LogP contribution is 2.21. The second kappa shape index (κ2) is 7.92. The Balaban J connectivity index is 2.22. The molecule has 22 heavy (non-hydrogen) atoms. The number of allylic oxidation sites excluding steroid dienone is 1. The van der Waals surface area contributed by atoms with E-state index >= 15 is 0 Å². The fourth-order valence-corrected chi connectivity index (χ4v) is 2.93. The molecule has 1 heterocycles. The summed E-state index contributed by atoms with van der Waals surface area (Å²) in [5, 5.41) is 0. The lowest BCUT2D eigenvalue weighted by molar-refractivity contribution is -0.114. The number of carbonyl (C=O) groups is 2. The zero-order valence-corrected chi connectivity index (χ0v) is 13.5. The molecule has 0 aromatic heterocycles. The van der Waals surface area contributed by atoms with Crippen LogP contribution in [0.25, 0.3) is 0 Å². The second-order valence-electron chi connectivity index (χ2n) is 5.97. The summed E-state index contributed by atoms with van der Waals surface area (Å²) in [6.07, 6.45) is 8.35. The van der Waals surface area contributed by atoms with Crippen molar-refractivity contribution < 1.29 is 14.3 Å². The van der Waals surface area contributed by atoms with Gasteiger partial charge in [-0.1, -0.05) is 30.2 Å². The normalized spacial score (nSPS) is 19.0. The Bertz CT molecular complexity index is 585. The number of hydrogen-bond donors (Lipinski definition) is 0. The number of ether oxygens (including phenoxy) is 1. The lowest BCUT2D eigenvalue weighted by Crippen LogP contribution is -2.12. The third-order valence-corrected chi connectivity index (χ3v) is 3.96. The van der Waals surface area contributed by atoms with Crippen molar-refractivity contribution in [2.75, 3.05) is 6.61 Å². The van der Waals surface area contributed by atoms with E-state index in [-0.39, 0.29) is 11.8 Å². The highest BCUT2D eigenvalue weighted by molar-refractivity contribution is 5.93. The molecular weight excluding hydrogens is 276 g/mol. The molecule has 0 unspecified atom stereocenters. The SMILES string of the molecule is Cc1cc(C)c2c(c1)CCCCCC(=O)/C=C\CCOC2=O. The molecule has 0 atom stereocenters. The number of aryl methyl sites for hydroxylation is 3. The first-order valence-electron chi connectivity index (χ1n) is 8.04. The average molecular weight is 300 g/mol. The quantitative estimate of drug-likeness (QED) is 0.678. The zero-order valence-electron chi connectivity index (χ0n) is 13.5. The van der Waals surface area contributed by atoms with E-state index < -0.39 is 0 Å². The van der Waals surface area contributed by atoms with Gasteiger partial charge >= 0.3 is 5.97 Å². The van der Waals surface area contributed by atoms with Gasteiger partial charge in [0.05, 0.1) is 12.2 Å². The first kappa shape index (κ1) is 16.5. The largest absolute Gasteiger partial charge is 0.462 e. The molecule has 118 valence electrons. The predicted octanol–water partition coefficient (Wildman–Crippen LogP) is 4.09. The molecule has 0 amide bonds. The Kier molecular flexibility index (Phi) is 5.93. The summed E-state index contributed by atoms with van der Waals surface area (Å²) in [6.45, 7) is 4.33. The molecule has 1 aromatic carbocycles. The van der Waals surface area contributed by atoms with E-state index in [1.54, 1.807) is 12.2 Å². The van der Waals surface area contributed by atoms with Crippen molar-refractivity contribution in [3.05, 3.63) is 46.5 Å². The highest BCUT2D eigenvalue weighted by atomic mass is 16.5. The fourth-order valence-electron chi connectivity index (χ4n) is 2.93. The van der Waals surface area contributed by atoms with E-state index in [1.165, 1.54) is 5.56 Å². The summed E-state index contributed by atoms with van der Waals surface area (Å²) in [5.41, 5.74) is 3.95. The van der Waals surface area contributed by atoms with Crippen molar-refractivity contribution in [3.63, 3.8) is 0 Å². The molecule has 0 aliphatic carbocycles. The lowest BCUT2D eigenvalue weighted by atomic mass is 9.94. The van der Waals surface area contributed by atoms with Crippen LogP contribution in [-0.4, -0.2) is 18.4 Å². The van der Waals surface area contributed by atoms with Crippen LogP contribution in [0.2, 0.25) is 0 Å². The van der Waals surface area contributed by atoms with Crippen LogP contribution < -0.4 is 0 Å². The number of hydrogen-bond acceptors (Lipinski definition) is 3. The molecule has 3 nitrogen and oxygen atoms in total. The molecule has 1 aliphatic rings. The van der Waals surface area contributed by atoms with Gasteiger partial charge in [-0.05, 0) is 56.7 Å². The number of cyclic esters (lactones) is 1. The minimum Gasteiger partial charge on any atom is -0.462 e. The summed E-state index contributed by atoms with van der Waals surface area (Å²) in [4.78, 5) is 24.0. The Morgan fingerprint density at radius 3 is 2.59 bits per heavy atom. The van der Waals surface area contributed by atoms with Crippen molar-refractivity contribution in [2.45, 2.75) is 52.4 Å². The lowest BCUT2D eigenvalue weighted by Gasteiger charge is -2.14. The molecule has 0 N–H and O–H groups in total. The van der Waals surface area contributed by atoms with E-state index in [9.17, 15) is 9.59 Å². The molecule has 0 radical (unpaired) electrons. The Hall–Kier alpha value is -1.90. The maximum atomic E-state index is 12.4. The van der Waals surface area contributed by atoms with E-state index in [1.807, 2.05) is 19.9 Å². The van der Waals surface area contributed by atoms with E-state index in [2.05, 4.69) is 6.07 Å². The van der Waals surface area contributed by atoms with Crippen LogP contribution in [0.4, 0.5) is 0 Å². The Morgan fingerprint density at radius 2 is 1.77 bits per heavy atom. The van der Waals surface area contributed by atoms with Crippen LogP contribution in [0.3, 0.4) is 0 Å². The van der Waals surface area contributed by atoms with Gasteiger partial charge < -0.3 is 4.74 Å². The predicted molar refractivity (Wildman–Crippen MR) is 87.1 cm³/mol. The zero-order chi connectivity index (χ0) is 15.9. The number of benzene rings is 1. The minimum atomic E-state index is -0.246. The molecule has 1 aliphatic heterocycles. The molecule has 1 aromatic rings. The molecule has 0 fully saturated rings. The van der Waals surface area contributed by atoms with E-state index in [4.69, 9.17) is 4.74 Å². The van der Waals surface area contributed by atoms with Gasteiger partial charge in [0.15, 0.2) is 5.78 Å². The van der Waals surface area contributed by atoms with Gasteiger partial charge in [-0.2, -0.15) is 0 Å². The topological polar surface area (TPSA) is 43.4 Å². The summed E-state index contributed by atoms with van der Waals surface area (Å²) in [6, 6.07) is 4.11. The number of fused-ring (bicyclic) bond motifs is 1. The molecule has 0 bridgehead atoms. The Labute approximate surface area is 132 Å². The standard InChI is InChI=1S/C19H24O3/c1-14-12-15(2)18-16(13-14)8-4-3-5-9-17(20)10-6-7-11-22-19(18)21/h6,10,12-13H,3-5,7-9,11H2,1-2H3/b10-6-. The van der Waals surface area contributed by atoms with Crippen molar-refractivity contribution in [1.82, 2.24) is 0 Å². The summed E-state index contributed by atoms with van der Waals surface area (Å²) in [5.74, 6) is -0.0836. The van der Waals surface area contributed by atoms with Crippen LogP contribution in [0.1, 0.15) is 59.2 Å². The summed E-state index contributed by atoms with van der Waals surface area (Å²) >= 11 is 0.